The Bertz CT molecular complexity index is 733. The number of hydrogen-bond donors (Lipinski definition) is 3. The Kier molecular flexibility index (Phi) is 6.15. The molecule has 0 bridgehead atoms. The summed E-state index contributed by atoms with van der Waals surface area (Å²) in [5.41, 5.74) is 0.344. The molecule has 0 radical (unpaired) electrons. The van der Waals surface area contributed by atoms with Crippen LogP contribution in [0.4, 0.5) is 0 Å². The predicted molar refractivity (Wildman–Crippen MR) is 93.4 cm³/mol. The Hall–Kier alpha value is -1.97. The van der Waals surface area contributed by atoms with Crippen molar-refractivity contribution in [3.05, 3.63) is 29.8 Å². The highest BCUT2D eigenvalue weighted by Crippen LogP contribution is 2.18. The minimum Gasteiger partial charge on any atom is -0.355 e. The molecule has 0 spiro atoms. The molecule has 1 heterocycles. The number of likely N-dealkylation sites (N-methyl/N-ethyl adjacent to an activating group) is 2. The van der Waals surface area contributed by atoms with Gasteiger partial charge in [-0.2, -0.15) is 0 Å². The summed E-state index contributed by atoms with van der Waals surface area (Å²) in [7, 11) is -3.78. The van der Waals surface area contributed by atoms with E-state index >= 15 is 0 Å². The predicted octanol–water partition coefficient (Wildman–Crippen LogP) is -0.337. The van der Waals surface area contributed by atoms with E-state index in [1.165, 1.54) is 24.3 Å². The summed E-state index contributed by atoms with van der Waals surface area (Å²) in [6.07, 6.45) is 0.542. The fourth-order valence-electron chi connectivity index (χ4n) is 2.99. The third-order valence-corrected chi connectivity index (χ3v) is 5.17. The van der Waals surface area contributed by atoms with E-state index in [-0.39, 0.29) is 28.8 Å². The van der Waals surface area contributed by atoms with Gasteiger partial charge in [0.1, 0.15) is 0 Å². The molecule has 1 aliphatic rings. The molecule has 0 aliphatic carbocycles. The van der Waals surface area contributed by atoms with E-state index in [9.17, 15) is 18.0 Å². The van der Waals surface area contributed by atoms with E-state index in [0.29, 0.717) is 25.1 Å². The maximum Gasteiger partial charge on any atom is 0.251 e. The lowest BCUT2D eigenvalue weighted by molar-refractivity contribution is -0.125. The topological polar surface area (TPSA) is 122 Å². The molecule has 25 heavy (non-hydrogen) atoms. The van der Waals surface area contributed by atoms with Crippen molar-refractivity contribution in [3.63, 3.8) is 0 Å². The number of nitrogens with one attached hydrogen (secondary N) is 2. The van der Waals surface area contributed by atoms with Gasteiger partial charge < -0.3 is 10.6 Å². The third kappa shape index (κ3) is 4.77. The molecule has 9 heteroatoms. The number of hydrogen-bond acceptors (Lipinski definition) is 5. The van der Waals surface area contributed by atoms with Crippen molar-refractivity contribution in [2.75, 3.05) is 19.6 Å². The van der Waals surface area contributed by atoms with E-state index in [1.807, 2.05) is 18.7 Å². The monoisotopic (exact) mass is 368 g/mol. The molecule has 138 valence electrons. The van der Waals surface area contributed by atoms with Gasteiger partial charge in [0.05, 0.1) is 10.9 Å². The summed E-state index contributed by atoms with van der Waals surface area (Å²) in [5, 5.41) is 10.8. The Morgan fingerprint density at radius 3 is 2.40 bits per heavy atom. The van der Waals surface area contributed by atoms with Crippen LogP contribution in [0, 0.1) is 0 Å². The molecule has 1 aromatic rings. The van der Waals surface area contributed by atoms with Gasteiger partial charge in [-0.3, -0.25) is 14.5 Å². The van der Waals surface area contributed by atoms with E-state index in [4.69, 9.17) is 5.14 Å². The highest BCUT2D eigenvalue weighted by atomic mass is 32.2. The molecular formula is C16H24N4O4S. The zero-order valence-corrected chi connectivity index (χ0v) is 15.2. The van der Waals surface area contributed by atoms with Crippen LogP contribution in [0.15, 0.2) is 29.2 Å². The number of carbonyl (C=O) groups excluding carboxylic acids is 2. The van der Waals surface area contributed by atoms with Gasteiger partial charge in [0.2, 0.25) is 15.9 Å². The zero-order chi connectivity index (χ0) is 18.6. The normalized spacial score (nSPS) is 21.1. The van der Waals surface area contributed by atoms with Gasteiger partial charge in [0.25, 0.3) is 5.91 Å². The van der Waals surface area contributed by atoms with Crippen LogP contribution in [-0.4, -0.2) is 56.9 Å². The van der Waals surface area contributed by atoms with Crippen molar-refractivity contribution in [1.29, 1.82) is 0 Å². The van der Waals surface area contributed by atoms with Crippen LogP contribution in [0.3, 0.4) is 0 Å². The number of nitrogens with two attached hydrogens (primary N) is 1. The van der Waals surface area contributed by atoms with Gasteiger partial charge in [-0.15, -0.1) is 0 Å². The van der Waals surface area contributed by atoms with E-state index in [0.717, 1.165) is 6.54 Å². The number of rotatable bonds is 6. The van der Waals surface area contributed by atoms with Gasteiger partial charge in [-0.1, -0.05) is 6.92 Å². The number of benzene rings is 1. The van der Waals surface area contributed by atoms with E-state index in [2.05, 4.69) is 10.6 Å². The number of carbonyl (C=O) groups is 2. The second-order valence-electron chi connectivity index (χ2n) is 5.97. The molecule has 0 unspecified atom stereocenters. The summed E-state index contributed by atoms with van der Waals surface area (Å²) in [6.45, 7) is 5.73. The first-order valence-electron chi connectivity index (χ1n) is 8.21. The Morgan fingerprint density at radius 2 is 1.88 bits per heavy atom. The summed E-state index contributed by atoms with van der Waals surface area (Å²) < 4.78 is 22.5. The van der Waals surface area contributed by atoms with Crippen LogP contribution in [-0.2, 0) is 14.8 Å². The van der Waals surface area contributed by atoms with Crippen molar-refractivity contribution in [3.8, 4) is 0 Å². The van der Waals surface area contributed by atoms with E-state index < -0.39 is 10.0 Å². The first kappa shape index (κ1) is 19.4. The average molecular weight is 368 g/mol. The van der Waals surface area contributed by atoms with Crippen LogP contribution < -0.4 is 15.8 Å². The molecule has 4 N–H and O–H groups in total. The second-order valence-corrected chi connectivity index (χ2v) is 7.53. The minimum absolute atomic E-state index is 0.0291. The Morgan fingerprint density at radius 1 is 1.24 bits per heavy atom. The molecule has 2 rings (SSSR count). The average Bonchev–Trinajstić information content (AvgIpc) is 2.97. The van der Waals surface area contributed by atoms with Crippen LogP contribution in [0.25, 0.3) is 0 Å². The van der Waals surface area contributed by atoms with Crippen molar-refractivity contribution in [2.24, 2.45) is 5.14 Å². The summed E-state index contributed by atoms with van der Waals surface area (Å²) >= 11 is 0. The lowest BCUT2D eigenvalue weighted by atomic mass is 10.1. The maximum absolute atomic E-state index is 12.3. The third-order valence-electron chi connectivity index (χ3n) is 4.24. The quantitative estimate of drug-likeness (QED) is 0.634. The van der Waals surface area contributed by atoms with Crippen molar-refractivity contribution in [2.45, 2.75) is 37.2 Å². The fraction of sp³-hybridized carbons (Fsp3) is 0.500. The van der Waals surface area contributed by atoms with Gasteiger partial charge in [-0.25, -0.2) is 13.6 Å². The Labute approximate surface area is 147 Å². The standard InChI is InChI=1S/C16H24N4O4S/c1-3-18-16(22)14-9-12(10-20(14)4-2)19-15(21)11-5-7-13(8-6-11)25(17,23)24/h5-8,12,14H,3-4,9-10H2,1-2H3,(H,18,22)(H,19,21)(H2,17,23,24)/t12-,14-/m0/s1. The van der Waals surface area contributed by atoms with Crippen LogP contribution in [0.5, 0.6) is 0 Å². The van der Waals surface area contributed by atoms with Crippen LogP contribution in [0.1, 0.15) is 30.6 Å². The van der Waals surface area contributed by atoms with Crippen molar-refractivity contribution < 1.29 is 18.0 Å². The maximum atomic E-state index is 12.3. The summed E-state index contributed by atoms with van der Waals surface area (Å²) in [4.78, 5) is 26.4. The molecule has 2 amide bonds. The number of sulfonamides is 1. The number of primary sulfonamides is 1. The molecule has 1 aromatic carbocycles. The van der Waals surface area contributed by atoms with E-state index in [1.54, 1.807) is 0 Å². The highest BCUT2D eigenvalue weighted by Gasteiger charge is 2.36. The van der Waals surface area contributed by atoms with Gasteiger partial charge in [0.15, 0.2) is 0 Å². The molecule has 2 atom stereocenters. The molecule has 8 nitrogen and oxygen atoms in total. The smallest absolute Gasteiger partial charge is 0.251 e. The van der Waals surface area contributed by atoms with Crippen molar-refractivity contribution >= 4 is 21.8 Å². The van der Waals surface area contributed by atoms with Crippen molar-refractivity contribution in [1.82, 2.24) is 15.5 Å². The first-order valence-corrected chi connectivity index (χ1v) is 9.76. The van der Waals surface area contributed by atoms with Gasteiger partial charge in [0, 0.05) is 24.7 Å². The lowest BCUT2D eigenvalue weighted by Gasteiger charge is -2.20. The fourth-order valence-corrected chi connectivity index (χ4v) is 3.50. The molecule has 0 saturated carbocycles. The molecule has 0 aromatic heterocycles. The molecule has 1 aliphatic heterocycles. The molecular weight excluding hydrogens is 344 g/mol. The number of amides is 2. The molecule has 1 fully saturated rings. The van der Waals surface area contributed by atoms with Crippen LogP contribution in [0.2, 0.25) is 0 Å². The number of nitrogens with zero attached hydrogens (tertiary/aromatic N) is 1. The Balaban J connectivity index is 2.02. The zero-order valence-electron chi connectivity index (χ0n) is 14.4. The number of likely N-dealkylation sites (tertiary alicyclic amines) is 1. The second kappa shape index (κ2) is 7.94. The largest absolute Gasteiger partial charge is 0.355 e. The SMILES string of the molecule is CCNC(=O)[C@@H]1C[C@H](NC(=O)c2ccc(S(N)(=O)=O)cc2)CN1CC. The minimum atomic E-state index is -3.78. The first-order chi connectivity index (χ1) is 11.8. The van der Waals surface area contributed by atoms with Gasteiger partial charge >= 0.3 is 0 Å². The van der Waals surface area contributed by atoms with Crippen LogP contribution >= 0.6 is 0 Å². The summed E-state index contributed by atoms with van der Waals surface area (Å²) in [6, 6.07) is 5.05. The van der Waals surface area contributed by atoms with Gasteiger partial charge in [-0.05, 0) is 44.2 Å². The molecule has 1 saturated heterocycles. The highest BCUT2D eigenvalue weighted by molar-refractivity contribution is 7.89. The summed E-state index contributed by atoms with van der Waals surface area (Å²) in [5.74, 6) is -0.336. The lowest BCUT2D eigenvalue weighted by Crippen LogP contribution is -2.42.